The molecular formula is C7H7BrN4S. The molecule has 0 aliphatic rings. The maximum atomic E-state index is 5.54. The fourth-order valence-corrected chi connectivity index (χ4v) is 2.16. The van der Waals surface area contributed by atoms with E-state index >= 15 is 0 Å². The molecule has 0 atom stereocenters. The molecule has 2 N–H and O–H groups in total. The highest BCUT2D eigenvalue weighted by Gasteiger charge is 2.09. The highest BCUT2D eigenvalue weighted by atomic mass is 79.9. The molecular weight excluding hydrogens is 252 g/mol. The van der Waals surface area contributed by atoms with Gasteiger partial charge in [0, 0.05) is 18.6 Å². The maximum absolute atomic E-state index is 5.54. The van der Waals surface area contributed by atoms with E-state index in [-0.39, 0.29) is 0 Å². The second-order valence-electron chi connectivity index (χ2n) is 2.58. The van der Waals surface area contributed by atoms with Gasteiger partial charge in [0.2, 0.25) is 0 Å². The zero-order valence-electron chi connectivity index (χ0n) is 6.86. The summed E-state index contributed by atoms with van der Waals surface area (Å²) in [5.74, 6) is 0. The molecule has 2 rings (SSSR count). The minimum absolute atomic E-state index is 0.575. The van der Waals surface area contributed by atoms with E-state index in [2.05, 4.69) is 26.0 Å². The first kappa shape index (κ1) is 8.71. The summed E-state index contributed by atoms with van der Waals surface area (Å²) < 4.78 is 2.52. The van der Waals surface area contributed by atoms with Gasteiger partial charge in [-0.3, -0.25) is 4.68 Å². The quantitative estimate of drug-likeness (QED) is 0.850. The number of nitrogens with two attached hydrogens (primary N) is 1. The lowest BCUT2D eigenvalue weighted by Crippen LogP contribution is -1.84. The van der Waals surface area contributed by atoms with Gasteiger partial charge in [0.15, 0.2) is 5.13 Å². The predicted molar refractivity (Wildman–Crippen MR) is 56.4 cm³/mol. The average Bonchev–Trinajstić information content (AvgIpc) is 2.58. The highest BCUT2D eigenvalue weighted by Crippen LogP contribution is 2.28. The van der Waals surface area contributed by atoms with E-state index in [0.717, 1.165) is 15.9 Å². The zero-order chi connectivity index (χ0) is 9.42. The Morgan fingerprint density at radius 3 is 2.85 bits per heavy atom. The van der Waals surface area contributed by atoms with E-state index in [9.17, 15) is 0 Å². The van der Waals surface area contributed by atoms with Gasteiger partial charge in [-0.05, 0) is 15.9 Å². The van der Waals surface area contributed by atoms with Crippen molar-refractivity contribution in [3.63, 3.8) is 0 Å². The summed E-state index contributed by atoms with van der Waals surface area (Å²) in [5.41, 5.74) is 7.37. The second-order valence-corrected chi connectivity index (χ2v) is 4.22. The van der Waals surface area contributed by atoms with Crippen molar-refractivity contribution in [3.8, 4) is 11.3 Å². The number of hydrogen-bond donors (Lipinski definition) is 1. The van der Waals surface area contributed by atoms with E-state index in [0.29, 0.717) is 5.13 Å². The minimum Gasteiger partial charge on any atom is -0.375 e. The second kappa shape index (κ2) is 3.12. The molecule has 0 fully saturated rings. The van der Waals surface area contributed by atoms with Crippen molar-refractivity contribution in [1.82, 2.24) is 14.8 Å². The van der Waals surface area contributed by atoms with Gasteiger partial charge >= 0.3 is 0 Å². The molecule has 0 aliphatic carbocycles. The SMILES string of the molecule is Cn1cc(-c2csc(N)n2)c(Br)n1. The average molecular weight is 259 g/mol. The molecule has 0 saturated heterocycles. The molecule has 6 heteroatoms. The first-order valence-corrected chi connectivity index (χ1v) is 5.24. The lowest BCUT2D eigenvalue weighted by atomic mass is 10.3. The number of aromatic nitrogens is 3. The molecule has 0 saturated carbocycles. The highest BCUT2D eigenvalue weighted by molar-refractivity contribution is 9.10. The predicted octanol–water partition coefficient (Wildman–Crippen LogP) is 1.89. The topological polar surface area (TPSA) is 56.7 Å². The smallest absolute Gasteiger partial charge is 0.180 e. The van der Waals surface area contributed by atoms with Crippen LogP contribution in [-0.4, -0.2) is 14.8 Å². The molecule has 2 aromatic heterocycles. The summed E-state index contributed by atoms with van der Waals surface area (Å²) in [6.45, 7) is 0. The van der Waals surface area contributed by atoms with E-state index in [1.807, 2.05) is 18.6 Å². The van der Waals surface area contributed by atoms with E-state index < -0.39 is 0 Å². The van der Waals surface area contributed by atoms with E-state index in [1.54, 1.807) is 4.68 Å². The van der Waals surface area contributed by atoms with Crippen molar-refractivity contribution >= 4 is 32.4 Å². The van der Waals surface area contributed by atoms with Crippen molar-refractivity contribution in [3.05, 3.63) is 16.2 Å². The Morgan fingerprint density at radius 1 is 1.62 bits per heavy atom. The maximum Gasteiger partial charge on any atom is 0.180 e. The molecule has 2 heterocycles. The molecule has 0 amide bonds. The first-order valence-electron chi connectivity index (χ1n) is 3.57. The Bertz CT molecular complexity index is 433. The zero-order valence-corrected chi connectivity index (χ0v) is 9.26. The third kappa shape index (κ3) is 1.59. The van der Waals surface area contributed by atoms with Gasteiger partial charge in [0.05, 0.1) is 11.3 Å². The van der Waals surface area contributed by atoms with Gasteiger partial charge in [-0.25, -0.2) is 4.98 Å². The molecule has 13 heavy (non-hydrogen) atoms. The number of nitrogen functional groups attached to an aromatic ring is 1. The van der Waals surface area contributed by atoms with Gasteiger partial charge in [-0.2, -0.15) is 5.10 Å². The largest absolute Gasteiger partial charge is 0.375 e. The minimum atomic E-state index is 0.575. The third-order valence-electron chi connectivity index (χ3n) is 1.58. The van der Waals surface area contributed by atoms with Crippen molar-refractivity contribution < 1.29 is 0 Å². The van der Waals surface area contributed by atoms with Gasteiger partial charge in [0.1, 0.15) is 4.60 Å². The summed E-state index contributed by atoms with van der Waals surface area (Å²) in [5, 5.41) is 6.64. The van der Waals surface area contributed by atoms with Crippen LogP contribution in [0.5, 0.6) is 0 Å². The molecule has 0 aliphatic heterocycles. The van der Waals surface area contributed by atoms with E-state index in [4.69, 9.17) is 5.73 Å². The van der Waals surface area contributed by atoms with Crippen LogP contribution in [0.2, 0.25) is 0 Å². The number of nitrogens with zero attached hydrogens (tertiary/aromatic N) is 3. The number of halogens is 1. The third-order valence-corrected chi connectivity index (χ3v) is 2.84. The lowest BCUT2D eigenvalue weighted by Gasteiger charge is -1.88. The molecule has 68 valence electrons. The fraction of sp³-hybridized carbons (Fsp3) is 0.143. The van der Waals surface area contributed by atoms with Gasteiger partial charge in [0.25, 0.3) is 0 Å². The normalized spacial score (nSPS) is 10.6. The molecule has 0 bridgehead atoms. The Balaban J connectivity index is 2.51. The fourth-order valence-electron chi connectivity index (χ4n) is 1.04. The molecule has 4 nitrogen and oxygen atoms in total. The lowest BCUT2D eigenvalue weighted by molar-refractivity contribution is 0.760. The summed E-state index contributed by atoms with van der Waals surface area (Å²) in [7, 11) is 1.87. The van der Waals surface area contributed by atoms with Gasteiger partial charge in [-0.1, -0.05) is 0 Å². The van der Waals surface area contributed by atoms with Crippen LogP contribution >= 0.6 is 27.3 Å². The Labute approximate surface area is 87.5 Å². The van der Waals surface area contributed by atoms with Gasteiger partial charge < -0.3 is 5.73 Å². The van der Waals surface area contributed by atoms with Crippen LogP contribution in [0.1, 0.15) is 0 Å². The van der Waals surface area contributed by atoms with Crippen molar-refractivity contribution in [2.24, 2.45) is 7.05 Å². The van der Waals surface area contributed by atoms with Crippen molar-refractivity contribution in [2.75, 3.05) is 5.73 Å². The number of hydrogen-bond acceptors (Lipinski definition) is 4. The van der Waals surface area contributed by atoms with Crippen LogP contribution in [-0.2, 0) is 7.05 Å². The van der Waals surface area contributed by atoms with Crippen LogP contribution in [0.15, 0.2) is 16.2 Å². The van der Waals surface area contributed by atoms with Crippen LogP contribution in [0.25, 0.3) is 11.3 Å². The Hall–Kier alpha value is -0.880. The van der Waals surface area contributed by atoms with Crippen LogP contribution in [0, 0.1) is 0 Å². The Kier molecular flexibility index (Phi) is 2.09. The first-order chi connectivity index (χ1) is 6.16. The standard InChI is InChI=1S/C7H7BrN4S/c1-12-2-4(6(8)11-12)5-3-13-7(9)10-5/h2-3H,1H3,(H2,9,10). The monoisotopic (exact) mass is 258 g/mol. The number of anilines is 1. The number of aryl methyl sites for hydroxylation is 1. The molecule has 0 radical (unpaired) electrons. The molecule has 2 aromatic rings. The molecule has 0 aromatic carbocycles. The Morgan fingerprint density at radius 2 is 2.38 bits per heavy atom. The summed E-state index contributed by atoms with van der Waals surface area (Å²) >= 11 is 4.78. The number of thiazole rings is 1. The van der Waals surface area contributed by atoms with E-state index in [1.165, 1.54) is 11.3 Å². The van der Waals surface area contributed by atoms with Crippen molar-refractivity contribution in [2.45, 2.75) is 0 Å². The van der Waals surface area contributed by atoms with Crippen LogP contribution in [0.4, 0.5) is 5.13 Å². The summed E-state index contributed by atoms with van der Waals surface area (Å²) in [6, 6.07) is 0. The number of rotatable bonds is 1. The summed E-state index contributed by atoms with van der Waals surface area (Å²) in [6.07, 6.45) is 1.90. The van der Waals surface area contributed by atoms with Crippen molar-refractivity contribution in [1.29, 1.82) is 0 Å². The molecule has 0 spiro atoms. The summed E-state index contributed by atoms with van der Waals surface area (Å²) in [4.78, 5) is 4.17. The van der Waals surface area contributed by atoms with Gasteiger partial charge in [-0.15, -0.1) is 11.3 Å². The van der Waals surface area contributed by atoms with Crippen LogP contribution < -0.4 is 5.73 Å². The van der Waals surface area contributed by atoms with Crippen LogP contribution in [0.3, 0.4) is 0 Å². The molecule has 0 unspecified atom stereocenters.